The molecular weight excluding hydrogens is 242 g/mol. The van der Waals surface area contributed by atoms with Crippen LogP contribution in [-0.2, 0) is 11.3 Å². The number of carbonyl (C=O) groups is 1. The van der Waals surface area contributed by atoms with Crippen LogP contribution in [0.4, 0.5) is 0 Å². The molecule has 2 aromatic heterocycles. The first-order valence-electron chi connectivity index (χ1n) is 5.62. The van der Waals surface area contributed by atoms with Crippen molar-refractivity contribution in [1.29, 1.82) is 5.26 Å². The summed E-state index contributed by atoms with van der Waals surface area (Å²) in [6.45, 7) is 0.251. The second-order valence-electron chi connectivity index (χ2n) is 3.71. The van der Waals surface area contributed by atoms with Gasteiger partial charge in [0.2, 0.25) is 0 Å². The lowest BCUT2D eigenvalue weighted by Gasteiger charge is -2.01. The van der Waals surface area contributed by atoms with Gasteiger partial charge in [0.25, 0.3) is 5.91 Å². The van der Waals surface area contributed by atoms with E-state index in [1.54, 1.807) is 36.7 Å². The number of amides is 1. The third kappa shape index (κ3) is 3.54. The van der Waals surface area contributed by atoms with E-state index in [1.165, 1.54) is 12.3 Å². The van der Waals surface area contributed by atoms with Gasteiger partial charge in [-0.25, -0.2) is 0 Å². The van der Waals surface area contributed by atoms with Crippen molar-refractivity contribution in [2.24, 2.45) is 0 Å². The van der Waals surface area contributed by atoms with Crippen molar-refractivity contribution in [2.75, 3.05) is 0 Å². The van der Waals surface area contributed by atoms with Gasteiger partial charge in [-0.15, -0.1) is 0 Å². The smallest absolute Gasteiger partial charge is 0.262 e. The van der Waals surface area contributed by atoms with E-state index >= 15 is 0 Å². The monoisotopic (exact) mass is 253 g/mol. The van der Waals surface area contributed by atoms with Crippen LogP contribution in [0.25, 0.3) is 6.08 Å². The van der Waals surface area contributed by atoms with Gasteiger partial charge in [0.15, 0.2) is 0 Å². The van der Waals surface area contributed by atoms with Crippen molar-refractivity contribution in [2.45, 2.75) is 6.54 Å². The Balaban J connectivity index is 2.04. The van der Waals surface area contributed by atoms with Crippen molar-refractivity contribution in [3.05, 3.63) is 59.8 Å². The number of nitrogens with zero attached hydrogens (tertiary/aromatic N) is 2. The minimum atomic E-state index is -0.435. The Hall–Kier alpha value is -2.87. The number of pyridine rings is 1. The van der Waals surface area contributed by atoms with Gasteiger partial charge in [0.05, 0.1) is 12.8 Å². The Labute approximate surface area is 110 Å². The van der Waals surface area contributed by atoms with Gasteiger partial charge < -0.3 is 9.73 Å². The molecule has 5 heteroatoms. The molecule has 1 amide bonds. The summed E-state index contributed by atoms with van der Waals surface area (Å²) in [7, 11) is 0. The fraction of sp³-hybridized carbons (Fsp3) is 0.0714. The number of carbonyl (C=O) groups excluding carboxylic acids is 1. The van der Waals surface area contributed by atoms with E-state index < -0.39 is 5.91 Å². The van der Waals surface area contributed by atoms with Gasteiger partial charge in [-0.05, 0) is 35.9 Å². The van der Waals surface area contributed by atoms with E-state index in [0.29, 0.717) is 5.76 Å². The largest absolute Gasteiger partial charge is 0.467 e. The SMILES string of the molecule is N#C/C(=C/c1ccncc1)C(=O)NCc1ccco1. The number of rotatable bonds is 4. The Kier molecular flexibility index (Phi) is 4.09. The number of nitrogens with one attached hydrogen (secondary N) is 1. The van der Waals surface area contributed by atoms with Crippen molar-refractivity contribution >= 4 is 12.0 Å². The van der Waals surface area contributed by atoms with E-state index in [0.717, 1.165) is 5.56 Å². The van der Waals surface area contributed by atoms with Crippen LogP contribution in [0.1, 0.15) is 11.3 Å². The summed E-state index contributed by atoms with van der Waals surface area (Å²) in [6.07, 6.45) is 6.24. The molecule has 5 nitrogen and oxygen atoms in total. The molecule has 19 heavy (non-hydrogen) atoms. The van der Waals surface area contributed by atoms with Gasteiger partial charge in [-0.3, -0.25) is 9.78 Å². The second kappa shape index (κ2) is 6.17. The third-order valence-corrected chi connectivity index (χ3v) is 2.39. The number of hydrogen-bond donors (Lipinski definition) is 1. The summed E-state index contributed by atoms with van der Waals surface area (Å²) in [4.78, 5) is 15.7. The summed E-state index contributed by atoms with van der Waals surface area (Å²) in [5, 5.41) is 11.6. The second-order valence-corrected chi connectivity index (χ2v) is 3.71. The van der Waals surface area contributed by atoms with E-state index in [9.17, 15) is 4.79 Å². The van der Waals surface area contributed by atoms with Gasteiger partial charge >= 0.3 is 0 Å². The summed E-state index contributed by atoms with van der Waals surface area (Å²) in [5.74, 6) is 0.199. The molecule has 0 aliphatic heterocycles. The summed E-state index contributed by atoms with van der Waals surface area (Å²) in [6, 6.07) is 8.80. The van der Waals surface area contributed by atoms with E-state index in [2.05, 4.69) is 10.3 Å². The zero-order chi connectivity index (χ0) is 13.5. The predicted octanol–water partition coefficient (Wildman–Crippen LogP) is 1.90. The van der Waals surface area contributed by atoms with Crippen LogP contribution in [0.3, 0.4) is 0 Å². The van der Waals surface area contributed by atoms with Gasteiger partial charge in [0.1, 0.15) is 17.4 Å². The molecular formula is C14H11N3O2. The highest BCUT2D eigenvalue weighted by Gasteiger charge is 2.09. The van der Waals surface area contributed by atoms with E-state index in [1.807, 2.05) is 6.07 Å². The molecule has 94 valence electrons. The topological polar surface area (TPSA) is 78.9 Å². The number of hydrogen-bond acceptors (Lipinski definition) is 4. The minimum absolute atomic E-state index is 0.0396. The molecule has 2 aromatic rings. The number of aromatic nitrogens is 1. The standard InChI is InChI=1S/C14H11N3O2/c15-9-12(8-11-3-5-16-6-4-11)14(18)17-10-13-2-1-7-19-13/h1-8H,10H2,(H,17,18)/b12-8-. The first kappa shape index (κ1) is 12.6. The Morgan fingerprint density at radius 2 is 2.21 bits per heavy atom. The molecule has 0 radical (unpaired) electrons. The van der Waals surface area contributed by atoms with Crippen LogP contribution in [0.2, 0.25) is 0 Å². The highest BCUT2D eigenvalue weighted by Crippen LogP contribution is 2.06. The van der Waals surface area contributed by atoms with E-state index in [-0.39, 0.29) is 12.1 Å². The summed E-state index contributed by atoms with van der Waals surface area (Å²) >= 11 is 0. The highest BCUT2D eigenvalue weighted by atomic mass is 16.3. The fourth-order valence-electron chi connectivity index (χ4n) is 1.45. The molecule has 0 unspecified atom stereocenters. The van der Waals surface area contributed by atoms with Crippen molar-refractivity contribution in [3.8, 4) is 6.07 Å². The molecule has 2 heterocycles. The zero-order valence-electron chi connectivity index (χ0n) is 10.0. The van der Waals surface area contributed by atoms with Gasteiger partial charge in [-0.1, -0.05) is 0 Å². The molecule has 0 saturated carbocycles. The first-order valence-corrected chi connectivity index (χ1v) is 5.62. The maximum atomic E-state index is 11.8. The molecule has 0 spiro atoms. The normalized spacial score (nSPS) is 10.8. The zero-order valence-corrected chi connectivity index (χ0v) is 10.0. The van der Waals surface area contributed by atoms with Crippen LogP contribution in [0, 0.1) is 11.3 Å². The maximum Gasteiger partial charge on any atom is 0.262 e. The van der Waals surface area contributed by atoms with Crippen molar-refractivity contribution in [3.63, 3.8) is 0 Å². The molecule has 0 aliphatic carbocycles. The molecule has 2 rings (SSSR count). The fourth-order valence-corrected chi connectivity index (χ4v) is 1.45. The molecule has 0 aliphatic rings. The lowest BCUT2D eigenvalue weighted by atomic mass is 10.1. The van der Waals surface area contributed by atoms with Crippen LogP contribution >= 0.6 is 0 Å². The molecule has 1 N–H and O–H groups in total. The lowest BCUT2D eigenvalue weighted by molar-refractivity contribution is -0.117. The Bertz CT molecular complexity index is 610. The Morgan fingerprint density at radius 1 is 1.42 bits per heavy atom. The van der Waals surface area contributed by atoms with Crippen LogP contribution < -0.4 is 5.32 Å². The quantitative estimate of drug-likeness (QED) is 0.666. The maximum absolute atomic E-state index is 11.8. The molecule has 0 aromatic carbocycles. The summed E-state index contributed by atoms with van der Waals surface area (Å²) in [5.41, 5.74) is 0.789. The van der Waals surface area contributed by atoms with Gasteiger partial charge in [0, 0.05) is 12.4 Å². The molecule has 0 fully saturated rings. The molecule has 0 bridgehead atoms. The first-order chi connectivity index (χ1) is 9.29. The van der Waals surface area contributed by atoms with Crippen molar-refractivity contribution in [1.82, 2.24) is 10.3 Å². The Morgan fingerprint density at radius 3 is 2.84 bits per heavy atom. The van der Waals surface area contributed by atoms with Gasteiger partial charge in [-0.2, -0.15) is 5.26 Å². The van der Waals surface area contributed by atoms with Crippen LogP contribution in [0.15, 0.2) is 52.9 Å². The van der Waals surface area contributed by atoms with Crippen molar-refractivity contribution < 1.29 is 9.21 Å². The average molecular weight is 253 g/mol. The van der Waals surface area contributed by atoms with E-state index in [4.69, 9.17) is 9.68 Å². The average Bonchev–Trinajstić information content (AvgIpc) is 2.96. The highest BCUT2D eigenvalue weighted by molar-refractivity contribution is 6.01. The predicted molar refractivity (Wildman–Crippen MR) is 68.4 cm³/mol. The minimum Gasteiger partial charge on any atom is -0.467 e. The number of furan rings is 1. The summed E-state index contributed by atoms with van der Waals surface area (Å²) < 4.78 is 5.09. The van der Waals surface area contributed by atoms with Crippen LogP contribution in [-0.4, -0.2) is 10.9 Å². The third-order valence-electron chi connectivity index (χ3n) is 2.39. The number of nitriles is 1. The molecule has 0 atom stereocenters. The molecule has 0 saturated heterocycles. The lowest BCUT2D eigenvalue weighted by Crippen LogP contribution is -2.23. The van der Waals surface area contributed by atoms with Crippen LogP contribution in [0.5, 0.6) is 0 Å².